The van der Waals surface area contributed by atoms with Crippen LogP contribution in [0.25, 0.3) is 0 Å². The van der Waals surface area contributed by atoms with Crippen molar-refractivity contribution < 1.29 is 9.84 Å². The fourth-order valence-electron chi connectivity index (χ4n) is 2.38. The number of unbranched alkanes of at least 4 members (excludes halogenated alkanes) is 4. The zero-order valence-corrected chi connectivity index (χ0v) is 10.3. The summed E-state index contributed by atoms with van der Waals surface area (Å²) in [4.78, 5) is 0. The van der Waals surface area contributed by atoms with Gasteiger partial charge in [0.25, 0.3) is 0 Å². The molecule has 1 N–H and O–H groups in total. The van der Waals surface area contributed by atoms with Crippen molar-refractivity contribution in [1.29, 1.82) is 0 Å². The molecule has 1 heterocycles. The van der Waals surface area contributed by atoms with Gasteiger partial charge in [0, 0.05) is 13.0 Å². The van der Waals surface area contributed by atoms with Crippen LogP contribution in [-0.2, 0) is 4.74 Å². The first kappa shape index (κ1) is 13.0. The number of aliphatic hydroxyl groups excluding tert-OH is 1. The molecule has 0 spiro atoms. The molecule has 0 radical (unpaired) electrons. The van der Waals surface area contributed by atoms with Crippen LogP contribution >= 0.6 is 0 Å². The Hall–Kier alpha value is -0.0800. The quantitative estimate of drug-likeness (QED) is 0.688. The number of aliphatic hydroxyl groups is 1. The van der Waals surface area contributed by atoms with E-state index >= 15 is 0 Å². The van der Waals surface area contributed by atoms with E-state index in [9.17, 15) is 5.11 Å². The second-order valence-electron chi connectivity index (χ2n) is 5.11. The van der Waals surface area contributed by atoms with E-state index in [1.165, 1.54) is 32.1 Å². The van der Waals surface area contributed by atoms with E-state index in [1.54, 1.807) is 0 Å². The Morgan fingerprint density at radius 2 is 2.00 bits per heavy atom. The monoisotopic (exact) mass is 214 g/mol. The van der Waals surface area contributed by atoms with E-state index < -0.39 is 0 Å². The molecule has 2 atom stereocenters. The molecule has 2 nitrogen and oxygen atoms in total. The SMILES string of the molecule is CCCCCCCC1(C)CC(O)CCO1. The third-order valence-corrected chi connectivity index (χ3v) is 3.38. The van der Waals surface area contributed by atoms with E-state index in [1.807, 2.05) is 0 Å². The van der Waals surface area contributed by atoms with Gasteiger partial charge in [0.1, 0.15) is 0 Å². The third-order valence-electron chi connectivity index (χ3n) is 3.38. The summed E-state index contributed by atoms with van der Waals surface area (Å²) in [5.41, 5.74) is -0.0517. The first-order chi connectivity index (χ1) is 7.16. The lowest BCUT2D eigenvalue weighted by Crippen LogP contribution is -2.39. The van der Waals surface area contributed by atoms with Gasteiger partial charge in [-0.05, 0) is 19.8 Å². The molecule has 1 rings (SSSR count). The smallest absolute Gasteiger partial charge is 0.0679 e. The van der Waals surface area contributed by atoms with Crippen molar-refractivity contribution in [1.82, 2.24) is 0 Å². The first-order valence-electron chi connectivity index (χ1n) is 6.48. The van der Waals surface area contributed by atoms with Crippen LogP contribution in [-0.4, -0.2) is 23.4 Å². The second-order valence-corrected chi connectivity index (χ2v) is 5.11. The predicted octanol–water partition coefficient (Wildman–Crippen LogP) is 3.28. The van der Waals surface area contributed by atoms with Gasteiger partial charge in [-0.25, -0.2) is 0 Å². The van der Waals surface area contributed by atoms with Crippen molar-refractivity contribution in [2.45, 2.75) is 76.9 Å². The van der Waals surface area contributed by atoms with Crippen LogP contribution in [0.5, 0.6) is 0 Å². The fourth-order valence-corrected chi connectivity index (χ4v) is 2.38. The molecule has 0 amide bonds. The van der Waals surface area contributed by atoms with Gasteiger partial charge >= 0.3 is 0 Å². The highest BCUT2D eigenvalue weighted by molar-refractivity contribution is 4.82. The van der Waals surface area contributed by atoms with E-state index in [-0.39, 0.29) is 11.7 Å². The number of hydrogen-bond donors (Lipinski definition) is 1. The minimum Gasteiger partial charge on any atom is -0.393 e. The molecule has 2 unspecified atom stereocenters. The van der Waals surface area contributed by atoms with Gasteiger partial charge in [-0.2, -0.15) is 0 Å². The van der Waals surface area contributed by atoms with Gasteiger partial charge in [-0.15, -0.1) is 0 Å². The number of hydrogen-bond acceptors (Lipinski definition) is 2. The Balaban J connectivity index is 2.12. The van der Waals surface area contributed by atoms with E-state index in [0.717, 1.165) is 25.9 Å². The molecule has 1 fully saturated rings. The van der Waals surface area contributed by atoms with Crippen LogP contribution in [0.1, 0.15) is 65.2 Å². The molecular formula is C13H26O2. The molecule has 1 aliphatic heterocycles. The molecule has 90 valence electrons. The van der Waals surface area contributed by atoms with Crippen LogP contribution < -0.4 is 0 Å². The summed E-state index contributed by atoms with van der Waals surface area (Å²) in [5.74, 6) is 0. The van der Waals surface area contributed by atoms with Gasteiger partial charge in [0.2, 0.25) is 0 Å². The highest BCUT2D eigenvalue weighted by Crippen LogP contribution is 2.29. The Kier molecular flexibility index (Phi) is 5.62. The lowest BCUT2D eigenvalue weighted by atomic mass is 9.88. The van der Waals surface area contributed by atoms with E-state index in [0.29, 0.717) is 0 Å². The number of ether oxygens (including phenoxy) is 1. The predicted molar refractivity (Wildman–Crippen MR) is 63.0 cm³/mol. The summed E-state index contributed by atoms with van der Waals surface area (Å²) in [5, 5.41) is 9.61. The zero-order chi connectivity index (χ0) is 11.1. The first-order valence-corrected chi connectivity index (χ1v) is 6.48. The summed E-state index contributed by atoms with van der Waals surface area (Å²) in [6.07, 6.45) is 9.13. The average Bonchev–Trinajstić information content (AvgIpc) is 2.17. The summed E-state index contributed by atoms with van der Waals surface area (Å²) >= 11 is 0. The zero-order valence-electron chi connectivity index (χ0n) is 10.3. The number of rotatable bonds is 6. The molecule has 1 aliphatic rings. The standard InChI is InChI=1S/C13H26O2/c1-3-4-5-6-7-9-13(2)11-12(14)8-10-15-13/h12,14H,3-11H2,1-2H3. The van der Waals surface area contributed by atoms with Crippen molar-refractivity contribution in [3.8, 4) is 0 Å². The topological polar surface area (TPSA) is 29.5 Å². The molecule has 1 saturated heterocycles. The van der Waals surface area contributed by atoms with Crippen molar-refractivity contribution in [2.75, 3.05) is 6.61 Å². The fraction of sp³-hybridized carbons (Fsp3) is 1.00. The summed E-state index contributed by atoms with van der Waals surface area (Å²) in [6.45, 7) is 5.11. The molecule has 0 bridgehead atoms. The van der Waals surface area contributed by atoms with Gasteiger partial charge in [-0.3, -0.25) is 0 Å². The normalized spacial score (nSPS) is 31.8. The van der Waals surface area contributed by atoms with Crippen molar-refractivity contribution in [2.24, 2.45) is 0 Å². The van der Waals surface area contributed by atoms with E-state index in [2.05, 4.69) is 13.8 Å². The lowest BCUT2D eigenvalue weighted by Gasteiger charge is -2.36. The molecule has 0 aromatic carbocycles. The Morgan fingerprint density at radius 1 is 1.27 bits per heavy atom. The third kappa shape index (κ3) is 4.98. The van der Waals surface area contributed by atoms with Gasteiger partial charge in [0.05, 0.1) is 11.7 Å². The molecule has 0 aromatic heterocycles. The summed E-state index contributed by atoms with van der Waals surface area (Å²) in [7, 11) is 0. The Bertz CT molecular complexity index is 170. The highest BCUT2D eigenvalue weighted by atomic mass is 16.5. The average molecular weight is 214 g/mol. The van der Waals surface area contributed by atoms with Gasteiger partial charge in [-0.1, -0.05) is 39.0 Å². The Labute approximate surface area is 94.0 Å². The van der Waals surface area contributed by atoms with Crippen molar-refractivity contribution >= 4 is 0 Å². The molecule has 0 aromatic rings. The van der Waals surface area contributed by atoms with Crippen molar-refractivity contribution in [3.05, 3.63) is 0 Å². The minimum absolute atomic E-state index is 0.0517. The van der Waals surface area contributed by atoms with Gasteiger partial charge < -0.3 is 9.84 Å². The summed E-state index contributed by atoms with van der Waals surface area (Å²) < 4.78 is 5.78. The van der Waals surface area contributed by atoms with Crippen molar-refractivity contribution in [3.63, 3.8) is 0 Å². The maximum atomic E-state index is 9.61. The van der Waals surface area contributed by atoms with Crippen LogP contribution in [0.2, 0.25) is 0 Å². The van der Waals surface area contributed by atoms with Crippen LogP contribution in [0, 0.1) is 0 Å². The molecular weight excluding hydrogens is 188 g/mol. The molecule has 0 saturated carbocycles. The largest absolute Gasteiger partial charge is 0.393 e. The van der Waals surface area contributed by atoms with E-state index in [4.69, 9.17) is 4.74 Å². The Morgan fingerprint density at radius 3 is 2.67 bits per heavy atom. The van der Waals surface area contributed by atoms with Crippen LogP contribution in [0.4, 0.5) is 0 Å². The highest BCUT2D eigenvalue weighted by Gasteiger charge is 2.31. The summed E-state index contributed by atoms with van der Waals surface area (Å²) in [6, 6.07) is 0. The van der Waals surface area contributed by atoms with Crippen LogP contribution in [0.3, 0.4) is 0 Å². The molecule has 2 heteroatoms. The molecule has 15 heavy (non-hydrogen) atoms. The molecule has 0 aliphatic carbocycles. The van der Waals surface area contributed by atoms with Gasteiger partial charge in [0.15, 0.2) is 0 Å². The minimum atomic E-state index is -0.139. The maximum absolute atomic E-state index is 9.61. The lowest BCUT2D eigenvalue weighted by molar-refractivity contribution is -0.112. The second kappa shape index (κ2) is 6.49. The maximum Gasteiger partial charge on any atom is 0.0679 e. The van der Waals surface area contributed by atoms with Crippen LogP contribution in [0.15, 0.2) is 0 Å².